The van der Waals surface area contributed by atoms with Crippen LogP contribution in [0.4, 0.5) is 0 Å². The molecule has 1 atom stereocenters. The first-order valence-corrected chi connectivity index (χ1v) is 3.34. The van der Waals surface area contributed by atoms with Crippen LogP contribution in [0.5, 0.6) is 0 Å². The molecule has 2 heteroatoms. The van der Waals surface area contributed by atoms with E-state index in [9.17, 15) is 0 Å². The van der Waals surface area contributed by atoms with Gasteiger partial charge >= 0.3 is 0 Å². The van der Waals surface area contributed by atoms with E-state index in [-0.39, 0.29) is 0 Å². The Kier molecular flexibility index (Phi) is 3.79. The van der Waals surface area contributed by atoms with Crippen molar-refractivity contribution in [1.82, 2.24) is 5.32 Å². The van der Waals surface area contributed by atoms with Gasteiger partial charge in [-0.3, -0.25) is 0 Å². The summed E-state index contributed by atoms with van der Waals surface area (Å²) >= 11 is 4.97. The van der Waals surface area contributed by atoms with Crippen molar-refractivity contribution in [3.8, 4) is 0 Å². The van der Waals surface area contributed by atoms with Crippen molar-refractivity contribution in [3.05, 3.63) is 0 Å². The summed E-state index contributed by atoms with van der Waals surface area (Å²) in [6.45, 7) is 4.26. The molecule has 0 unspecified atom stereocenters. The lowest BCUT2D eigenvalue weighted by Crippen LogP contribution is -2.22. The fourth-order valence-electron chi connectivity index (χ4n) is 0.432. The van der Waals surface area contributed by atoms with Gasteiger partial charge in [0.1, 0.15) is 0 Å². The van der Waals surface area contributed by atoms with Gasteiger partial charge in [0.05, 0.1) is 4.99 Å². The minimum absolute atomic E-state index is 0.537. The van der Waals surface area contributed by atoms with Crippen LogP contribution in [0, 0.1) is 5.92 Å². The average Bonchev–Trinajstić information content (AvgIpc) is 1.84. The number of nitrogens with one attached hydrogen (secondary N) is 1. The number of rotatable bonds is 2. The third-order valence-electron chi connectivity index (χ3n) is 1.31. The Balaban J connectivity index is 3.46. The van der Waals surface area contributed by atoms with E-state index >= 15 is 0 Å². The molecule has 0 aromatic rings. The summed E-state index contributed by atoms with van der Waals surface area (Å²) in [7, 11) is 1.87. The standard InChI is InChI=1S/C6H13NS/c1-4-5(2)6(8)7-3/h5H,4H2,1-3H3,(H,7,8)/t5-/m0/s1. The van der Waals surface area contributed by atoms with Gasteiger partial charge in [0, 0.05) is 13.0 Å². The normalized spacial score (nSPS) is 12.9. The van der Waals surface area contributed by atoms with Crippen molar-refractivity contribution < 1.29 is 0 Å². The van der Waals surface area contributed by atoms with Crippen molar-refractivity contribution in [2.75, 3.05) is 7.05 Å². The van der Waals surface area contributed by atoms with Crippen molar-refractivity contribution in [1.29, 1.82) is 0 Å². The maximum atomic E-state index is 4.97. The first-order valence-electron chi connectivity index (χ1n) is 2.94. The van der Waals surface area contributed by atoms with Gasteiger partial charge in [-0.25, -0.2) is 0 Å². The van der Waals surface area contributed by atoms with Crippen LogP contribution in [0.2, 0.25) is 0 Å². The van der Waals surface area contributed by atoms with E-state index in [0.29, 0.717) is 5.92 Å². The number of thiocarbonyl (C=S) groups is 1. The van der Waals surface area contributed by atoms with Crippen molar-refractivity contribution in [2.24, 2.45) is 5.92 Å². The predicted octanol–water partition coefficient (Wildman–Crippen LogP) is 1.58. The molecule has 0 aromatic heterocycles. The Bertz CT molecular complexity index is 80.6. The van der Waals surface area contributed by atoms with E-state index in [4.69, 9.17) is 12.2 Å². The van der Waals surface area contributed by atoms with Crippen molar-refractivity contribution >= 4 is 17.2 Å². The molecule has 0 heterocycles. The van der Waals surface area contributed by atoms with Crippen molar-refractivity contribution in [3.63, 3.8) is 0 Å². The second-order valence-electron chi connectivity index (χ2n) is 1.92. The van der Waals surface area contributed by atoms with Crippen molar-refractivity contribution in [2.45, 2.75) is 20.3 Å². The molecule has 0 bridgehead atoms. The maximum Gasteiger partial charge on any atom is 0.0779 e. The summed E-state index contributed by atoms with van der Waals surface area (Å²) in [4.78, 5) is 0.965. The number of hydrogen-bond acceptors (Lipinski definition) is 1. The minimum atomic E-state index is 0.537. The lowest BCUT2D eigenvalue weighted by atomic mass is 10.1. The lowest BCUT2D eigenvalue weighted by molar-refractivity contribution is 0.729. The largest absolute Gasteiger partial charge is 0.383 e. The van der Waals surface area contributed by atoms with Crippen LogP contribution >= 0.6 is 12.2 Å². The molecule has 0 aliphatic rings. The zero-order chi connectivity index (χ0) is 6.57. The Morgan fingerprint density at radius 3 is 2.38 bits per heavy atom. The average molecular weight is 131 g/mol. The second kappa shape index (κ2) is 3.84. The summed E-state index contributed by atoms with van der Waals surface area (Å²) in [6, 6.07) is 0. The fraction of sp³-hybridized carbons (Fsp3) is 0.833. The highest BCUT2D eigenvalue weighted by Gasteiger charge is 2.00. The molecule has 0 radical (unpaired) electrons. The third-order valence-corrected chi connectivity index (χ3v) is 1.91. The molecule has 0 spiro atoms. The highest BCUT2D eigenvalue weighted by atomic mass is 32.1. The van der Waals surface area contributed by atoms with Crippen LogP contribution < -0.4 is 5.32 Å². The molecule has 1 N–H and O–H groups in total. The molecule has 0 saturated carbocycles. The maximum absolute atomic E-state index is 4.97. The molecule has 0 aliphatic carbocycles. The summed E-state index contributed by atoms with van der Waals surface area (Å²) in [5, 5.41) is 2.95. The summed E-state index contributed by atoms with van der Waals surface area (Å²) in [6.07, 6.45) is 1.12. The SMILES string of the molecule is CC[C@H](C)C(=S)NC. The predicted molar refractivity (Wildman–Crippen MR) is 41.1 cm³/mol. The molecule has 0 fully saturated rings. The zero-order valence-electron chi connectivity index (χ0n) is 5.69. The topological polar surface area (TPSA) is 12.0 Å². The molecule has 0 saturated heterocycles. The van der Waals surface area contributed by atoms with Crippen LogP contribution in [-0.2, 0) is 0 Å². The van der Waals surface area contributed by atoms with E-state index in [2.05, 4.69) is 19.2 Å². The molecular weight excluding hydrogens is 118 g/mol. The van der Waals surface area contributed by atoms with E-state index < -0.39 is 0 Å². The summed E-state index contributed by atoms with van der Waals surface area (Å²) < 4.78 is 0. The first kappa shape index (κ1) is 7.89. The van der Waals surface area contributed by atoms with Gasteiger partial charge in [-0.1, -0.05) is 26.1 Å². The van der Waals surface area contributed by atoms with E-state index in [1.807, 2.05) is 7.05 Å². The molecule has 8 heavy (non-hydrogen) atoms. The molecule has 0 rings (SSSR count). The molecule has 0 amide bonds. The minimum Gasteiger partial charge on any atom is -0.383 e. The van der Waals surface area contributed by atoms with Gasteiger partial charge in [-0.2, -0.15) is 0 Å². The number of hydrogen-bond donors (Lipinski definition) is 1. The zero-order valence-corrected chi connectivity index (χ0v) is 6.51. The Morgan fingerprint density at radius 1 is 1.75 bits per heavy atom. The third kappa shape index (κ3) is 2.26. The summed E-state index contributed by atoms with van der Waals surface area (Å²) in [5.41, 5.74) is 0. The molecular formula is C6H13NS. The van der Waals surface area contributed by atoms with Crippen LogP contribution in [0.1, 0.15) is 20.3 Å². The van der Waals surface area contributed by atoms with E-state index in [1.165, 1.54) is 0 Å². The van der Waals surface area contributed by atoms with Gasteiger partial charge in [-0.05, 0) is 6.42 Å². The molecule has 0 aromatic carbocycles. The first-order chi connectivity index (χ1) is 3.72. The fourth-order valence-corrected chi connectivity index (χ4v) is 0.598. The summed E-state index contributed by atoms with van der Waals surface area (Å²) in [5.74, 6) is 0.537. The quantitative estimate of drug-likeness (QED) is 0.571. The van der Waals surface area contributed by atoms with Gasteiger partial charge in [-0.15, -0.1) is 0 Å². The van der Waals surface area contributed by atoms with Gasteiger partial charge < -0.3 is 5.32 Å². The lowest BCUT2D eigenvalue weighted by Gasteiger charge is -2.07. The Labute approximate surface area is 56.5 Å². The van der Waals surface area contributed by atoms with E-state index in [1.54, 1.807) is 0 Å². The van der Waals surface area contributed by atoms with Crippen LogP contribution in [0.25, 0.3) is 0 Å². The van der Waals surface area contributed by atoms with E-state index in [0.717, 1.165) is 11.4 Å². The van der Waals surface area contributed by atoms with Gasteiger partial charge in [0.2, 0.25) is 0 Å². The highest BCUT2D eigenvalue weighted by molar-refractivity contribution is 7.80. The van der Waals surface area contributed by atoms with Crippen LogP contribution in [0.3, 0.4) is 0 Å². The van der Waals surface area contributed by atoms with Gasteiger partial charge in [0.15, 0.2) is 0 Å². The molecule has 0 aliphatic heterocycles. The molecule has 1 nitrogen and oxygen atoms in total. The van der Waals surface area contributed by atoms with Gasteiger partial charge in [0.25, 0.3) is 0 Å². The smallest absolute Gasteiger partial charge is 0.0779 e. The van der Waals surface area contributed by atoms with Crippen LogP contribution in [0.15, 0.2) is 0 Å². The Morgan fingerprint density at radius 2 is 2.25 bits per heavy atom. The Hall–Kier alpha value is -0.110. The molecule has 48 valence electrons. The monoisotopic (exact) mass is 131 g/mol. The van der Waals surface area contributed by atoms with Crippen LogP contribution in [-0.4, -0.2) is 12.0 Å². The second-order valence-corrected chi connectivity index (χ2v) is 2.36. The highest BCUT2D eigenvalue weighted by Crippen LogP contribution is 2.00.